The van der Waals surface area contributed by atoms with Crippen molar-refractivity contribution < 1.29 is 15.3 Å². The van der Waals surface area contributed by atoms with Crippen LogP contribution < -0.4 is 0 Å². The van der Waals surface area contributed by atoms with Crippen LogP contribution in [0, 0.1) is 53.3 Å². The van der Waals surface area contributed by atoms with E-state index in [1.165, 1.54) is 50.1 Å². The van der Waals surface area contributed by atoms with E-state index in [1.807, 2.05) is 0 Å². The lowest BCUT2D eigenvalue weighted by Crippen LogP contribution is -2.28. The van der Waals surface area contributed by atoms with Gasteiger partial charge in [-0.25, -0.2) is 0 Å². The van der Waals surface area contributed by atoms with Crippen LogP contribution >= 0.6 is 0 Å². The highest BCUT2D eigenvalue weighted by Gasteiger charge is 2.40. The molecule has 3 nitrogen and oxygen atoms in total. The standard InChI is InChI=1S/C78H126O3/c1-49-55(34-52-37-58(73(22,23)43-67(4,5)6)64(79)59(38-52)74(24,25)44-68(7,8)9)50(2)57(36-54-41-62(77(30,31)47-71(16,17)18)66(81)63(42-54)78(32,33)48-72(19,20)21)51(3)56(49)35-53-39-60(75(26,27)45-69(10,11)12)65(80)61(40-53)76(28,29)46-70(13,14)15/h37-42,79-81H,34-36,43-48H2,1-33H3. The Bertz CT molecular complexity index is 2390. The van der Waals surface area contributed by atoms with Crippen LogP contribution in [0.2, 0.25) is 0 Å². The Kier molecular flexibility index (Phi) is 19.8. The normalized spacial score (nSPS) is 14.3. The van der Waals surface area contributed by atoms with E-state index >= 15 is 0 Å². The molecule has 0 amide bonds. The summed E-state index contributed by atoms with van der Waals surface area (Å²) in [4.78, 5) is 0. The molecular formula is C78H126O3. The van der Waals surface area contributed by atoms with E-state index in [0.717, 1.165) is 91.2 Å². The Morgan fingerprint density at radius 2 is 0.358 bits per heavy atom. The topological polar surface area (TPSA) is 60.7 Å². The summed E-state index contributed by atoms with van der Waals surface area (Å²) in [6, 6.07) is 14.1. The van der Waals surface area contributed by atoms with Crippen molar-refractivity contribution in [2.75, 3.05) is 0 Å². The molecule has 0 aromatic heterocycles. The van der Waals surface area contributed by atoms with E-state index < -0.39 is 0 Å². The maximum atomic E-state index is 12.7. The number of phenolic OH excluding ortho intramolecular Hbond substituents is 3. The second-order valence-electron chi connectivity index (χ2n) is 37.7. The van der Waals surface area contributed by atoms with Crippen molar-refractivity contribution in [2.24, 2.45) is 32.5 Å². The predicted molar refractivity (Wildman–Crippen MR) is 356 cm³/mol. The monoisotopic (exact) mass is 1110 g/mol. The summed E-state index contributed by atoms with van der Waals surface area (Å²) >= 11 is 0. The third-order valence-electron chi connectivity index (χ3n) is 17.6. The highest BCUT2D eigenvalue weighted by atomic mass is 16.3. The molecule has 0 saturated heterocycles. The molecule has 0 radical (unpaired) electrons. The average Bonchev–Trinajstić information content (AvgIpc) is 3.18. The first-order valence-electron chi connectivity index (χ1n) is 31.5. The van der Waals surface area contributed by atoms with Crippen molar-refractivity contribution in [1.82, 2.24) is 0 Å². The molecule has 3 heteroatoms. The molecule has 0 spiro atoms. The van der Waals surface area contributed by atoms with Gasteiger partial charge < -0.3 is 15.3 Å². The molecule has 4 aromatic rings. The molecule has 0 heterocycles. The molecule has 0 unspecified atom stereocenters. The molecule has 0 aliphatic carbocycles. The van der Waals surface area contributed by atoms with Crippen LogP contribution in [0.1, 0.15) is 330 Å². The highest BCUT2D eigenvalue weighted by molar-refractivity contribution is 5.60. The summed E-state index contributed by atoms with van der Waals surface area (Å²) in [6.07, 6.45) is 7.75. The molecule has 0 aliphatic rings. The molecule has 0 aliphatic heterocycles. The summed E-state index contributed by atoms with van der Waals surface area (Å²) in [5.74, 6) is 1.35. The minimum absolute atomic E-state index is 0.0523. The van der Waals surface area contributed by atoms with Crippen molar-refractivity contribution >= 4 is 0 Å². The molecule has 4 aromatic carbocycles. The fourth-order valence-electron chi connectivity index (χ4n) is 16.8. The predicted octanol–water partition coefficient (Wildman–Crippen LogP) is 22.8. The summed E-state index contributed by atoms with van der Waals surface area (Å²) in [6.45, 7) is 76.7. The van der Waals surface area contributed by atoms with E-state index in [1.54, 1.807) is 0 Å². The first-order valence-corrected chi connectivity index (χ1v) is 31.5. The SMILES string of the molecule is Cc1c(Cc2cc(C(C)(C)CC(C)(C)C)c(O)c(C(C)(C)CC(C)(C)C)c2)c(C)c(Cc2cc(C(C)(C)CC(C)(C)C)c(O)c(C(C)(C)CC(C)(C)C)c2)c(C)c1Cc1cc(C(C)(C)CC(C)(C)C)c(O)c(C(C)(C)CC(C)(C)C)c1. The maximum Gasteiger partial charge on any atom is 0.123 e. The quantitative estimate of drug-likeness (QED) is 0.0930. The molecule has 3 N–H and O–H groups in total. The molecule has 0 saturated carbocycles. The van der Waals surface area contributed by atoms with E-state index in [2.05, 4.69) is 265 Å². The second kappa shape index (κ2) is 22.9. The molecule has 0 atom stereocenters. The largest absolute Gasteiger partial charge is 0.507 e. The van der Waals surface area contributed by atoms with Crippen LogP contribution in [0.4, 0.5) is 0 Å². The van der Waals surface area contributed by atoms with Crippen LogP contribution in [-0.4, -0.2) is 15.3 Å². The Balaban J connectivity index is 2.28. The van der Waals surface area contributed by atoms with Crippen molar-refractivity contribution in [3.63, 3.8) is 0 Å². The zero-order chi connectivity index (χ0) is 63.0. The van der Waals surface area contributed by atoms with Gasteiger partial charge in [0.25, 0.3) is 0 Å². The zero-order valence-corrected chi connectivity index (χ0v) is 59.2. The zero-order valence-electron chi connectivity index (χ0n) is 59.2. The van der Waals surface area contributed by atoms with Gasteiger partial charge in [-0.1, -0.05) is 244 Å². The van der Waals surface area contributed by atoms with Gasteiger partial charge in [-0.15, -0.1) is 0 Å². The summed E-state index contributed by atoms with van der Waals surface area (Å²) in [5.41, 5.74) is 16.5. The summed E-state index contributed by atoms with van der Waals surface area (Å²) < 4.78 is 0. The maximum absolute atomic E-state index is 12.7. The molecule has 0 bridgehead atoms. The highest BCUT2D eigenvalue weighted by Crippen LogP contribution is 2.52. The van der Waals surface area contributed by atoms with Gasteiger partial charge >= 0.3 is 0 Å². The fourth-order valence-corrected chi connectivity index (χ4v) is 16.8. The van der Waals surface area contributed by atoms with Crippen LogP contribution in [0.3, 0.4) is 0 Å². The molecule has 4 rings (SSSR count). The Morgan fingerprint density at radius 1 is 0.235 bits per heavy atom. The minimum Gasteiger partial charge on any atom is -0.507 e. The van der Waals surface area contributed by atoms with Gasteiger partial charge in [0.2, 0.25) is 0 Å². The van der Waals surface area contributed by atoms with Gasteiger partial charge in [0, 0.05) is 33.4 Å². The number of benzene rings is 4. The van der Waals surface area contributed by atoms with Crippen LogP contribution in [0.5, 0.6) is 17.2 Å². The van der Waals surface area contributed by atoms with Gasteiger partial charge in [0.15, 0.2) is 0 Å². The third kappa shape index (κ3) is 18.1. The fraction of sp³-hybridized carbons (Fsp3) is 0.692. The van der Waals surface area contributed by atoms with Crippen molar-refractivity contribution in [3.8, 4) is 17.2 Å². The number of hydrogen-bond acceptors (Lipinski definition) is 3. The Morgan fingerprint density at radius 3 is 0.469 bits per heavy atom. The van der Waals surface area contributed by atoms with Crippen molar-refractivity contribution in [3.05, 3.63) is 120 Å². The lowest BCUT2D eigenvalue weighted by Gasteiger charge is -2.38. The third-order valence-corrected chi connectivity index (χ3v) is 17.6. The van der Waals surface area contributed by atoms with Crippen LogP contribution in [0.15, 0.2) is 36.4 Å². The van der Waals surface area contributed by atoms with Gasteiger partial charge in [0.1, 0.15) is 17.2 Å². The Labute approximate surface area is 501 Å². The average molecular weight is 1110 g/mol. The van der Waals surface area contributed by atoms with E-state index in [4.69, 9.17) is 0 Å². The first-order chi connectivity index (χ1) is 35.8. The second-order valence-corrected chi connectivity index (χ2v) is 37.7. The van der Waals surface area contributed by atoms with Crippen molar-refractivity contribution in [1.29, 1.82) is 0 Å². The summed E-state index contributed by atoms with van der Waals surface area (Å²) in [7, 11) is 0. The van der Waals surface area contributed by atoms with E-state index in [9.17, 15) is 15.3 Å². The number of aromatic hydroxyl groups is 3. The Hall–Kier alpha value is -3.72. The van der Waals surface area contributed by atoms with Gasteiger partial charge in [0.05, 0.1) is 0 Å². The molecular weight excluding hydrogens is 985 g/mol. The first kappa shape index (κ1) is 69.8. The van der Waals surface area contributed by atoms with Gasteiger partial charge in [-0.05, 0) is 194 Å². The number of hydrogen-bond donors (Lipinski definition) is 3. The van der Waals surface area contributed by atoms with Gasteiger partial charge in [-0.2, -0.15) is 0 Å². The van der Waals surface area contributed by atoms with Crippen LogP contribution in [-0.2, 0) is 51.8 Å². The van der Waals surface area contributed by atoms with Gasteiger partial charge in [-0.3, -0.25) is 0 Å². The van der Waals surface area contributed by atoms with E-state index in [-0.39, 0.29) is 65.0 Å². The summed E-state index contributed by atoms with van der Waals surface area (Å²) in [5, 5.41) is 38.0. The number of phenols is 3. The molecule has 0 fully saturated rings. The minimum atomic E-state index is -0.287. The molecule has 456 valence electrons. The smallest absolute Gasteiger partial charge is 0.123 e. The lowest BCUT2D eigenvalue weighted by atomic mass is 9.67. The van der Waals surface area contributed by atoms with E-state index in [0.29, 0.717) is 17.2 Å². The number of rotatable bonds is 18. The lowest BCUT2D eigenvalue weighted by molar-refractivity contribution is 0.266. The van der Waals surface area contributed by atoms with Crippen LogP contribution in [0.25, 0.3) is 0 Å². The molecule has 81 heavy (non-hydrogen) atoms. The van der Waals surface area contributed by atoms with Crippen molar-refractivity contribution in [2.45, 2.75) is 319 Å².